The first-order valence-corrected chi connectivity index (χ1v) is 11.5. The molecule has 0 radical (unpaired) electrons. The minimum Gasteiger partial charge on any atom is -0.318 e. The summed E-state index contributed by atoms with van der Waals surface area (Å²) in [7, 11) is 0. The van der Waals surface area contributed by atoms with Crippen LogP contribution in [-0.4, -0.2) is 28.4 Å². The maximum atomic E-state index is 13.5. The van der Waals surface area contributed by atoms with Crippen molar-refractivity contribution < 1.29 is 9.59 Å². The van der Waals surface area contributed by atoms with E-state index in [4.69, 9.17) is 16.6 Å². The molecule has 0 aliphatic carbocycles. The molecular weight excluding hydrogens is 436 g/mol. The van der Waals surface area contributed by atoms with Crippen LogP contribution in [0, 0.1) is 5.92 Å². The van der Waals surface area contributed by atoms with Crippen LogP contribution < -0.4 is 10.2 Å². The number of amides is 3. The normalized spacial score (nSPS) is 14.1. The number of anilines is 3. The van der Waals surface area contributed by atoms with Gasteiger partial charge in [-0.15, -0.1) is 0 Å². The van der Waals surface area contributed by atoms with Crippen molar-refractivity contribution in [2.24, 2.45) is 5.92 Å². The highest BCUT2D eigenvalue weighted by Gasteiger charge is 2.32. The maximum Gasteiger partial charge on any atom is 0.329 e. The Morgan fingerprint density at radius 2 is 1.82 bits per heavy atom. The number of carbonyl (C=O) groups excluding carboxylic acids is 2. The Balaban J connectivity index is 1.65. The summed E-state index contributed by atoms with van der Waals surface area (Å²) in [6, 6.07) is 20.7. The Labute approximate surface area is 199 Å². The molecule has 7 heteroatoms. The van der Waals surface area contributed by atoms with E-state index in [0.717, 1.165) is 24.1 Å². The second-order valence-corrected chi connectivity index (χ2v) is 8.65. The third kappa shape index (κ3) is 5.17. The molecule has 0 unspecified atom stereocenters. The van der Waals surface area contributed by atoms with Crippen molar-refractivity contribution in [1.29, 1.82) is 0 Å². The summed E-state index contributed by atoms with van der Waals surface area (Å²) >= 11 is 6.07. The van der Waals surface area contributed by atoms with Gasteiger partial charge in [-0.3, -0.25) is 9.69 Å². The van der Waals surface area contributed by atoms with Gasteiger partial charge in [-0.25, -0.2) is 9.78 Å². The molecule has 1 aliphatic heterocycles. The highest BCUT2D eigenvalue weighted by atomic mass is 35.5. The standard InChI is InChI=1S/C26H27ClN4O2/c1-3-18(2)25(32)29-24-14-13-23-22(28-24)17-30(16-15-19-7-5-4-6-8-19)26(33)31(23)21-11-9-20(27)10-12-21/h4-14,18H,3,15-17H2,1-2H3,(H,28,29,32)/t18-/m1/s1. The second kappa shape index (κ2) is 10.0. The van der Waals surface area contributed by atoms with Crippen LogP contribution in [-0.2, 0) is 17.8 Å². The smallest absolute Gasteiger partial charge is 0.318 e. The van der Waals surface area contributed by atoms with E-state index in [1.54, 1.807) is 28.0 Å². The Morgan fingerprint density at radius 1 is 1.09 bits per heavy atom. The molecule has 0 spiro atoms. The lowest BCUT2D eigenvalue weighted by atomic mass is 10.1. The number of urea groups is 1. The summed E-state index contributed by atoms with van der Waals surface area (Å²) in [6.07, 6.45) is 1.49. The van der Waals surface area contributed by atoms with Crippen LogP contribution in [0.25, 0.3) is 0 Å². The lowest BCUT2D eigenvalue weighted by Gasteiger charge is -2.36. The van der Waals surface area contributed by atoms with Crippen LogP contribution in [0.1, 0.15) is 31.5 Å². The molecule has 2 heterocycles. The van der Waals surface area contributed by atoms with E-state index in [-0.39, 0.29) is 17.9 Å². The predicted octanol–water partition coefficient (Wildman–Crippen LogP) is 6.04. The minimum atomic E-state index is -0.112. The van der Waals surface area contributed by atoms with Crippen LogP contribution in [0.4, 0.5) is 22.0 Å². The number of carbonyl (C=O) groups is 2. The third-order valence-electron chi connectivity index (χ3n) is 5.90. The van der Waals surface area contributed by atoms with Gasteiger partial charge in [0.05, 0.1) is 23.6 Å². The number of rotatable bonds is 7. The fourth-order valence-corrected chi connectivity index (χ4v) is 3.86. The van der Waals surface area contributed by atoms with Gasteiger partial charge >= 0.3 is 6.03 Å². The molecular formula is C26H27ClN4O2. The van der Waals surface area contributed by atoms with Gasteiger partial charge < -0.3 is 10.2 Å². The van der Waals surface area contributed by atoms with Crippen LogP contribution in [0.15, 0.2) is 66.7 Å². The number of halogens is 1. The highest BCUT2D eigenvalue weighted by Crippen LogP contribution is 2.35. The minimum absolute atomic E-state index is 0.0627. The Bertz CT molecular complexity index is 1130. The summed E-state index contributed by atoms with van der Waals surface area (Å²) in [4.78, 5) is 34.0. The van der Waals surface area contributed by atoms with Crippen molar-refractivity contribution in [2.45, 2.75) is 33.2 Å². The van der Waals surface area contributed by atoms with E-state index in [9.17, 15) is 9.59 Å². The zero-order valence-corrected chi connectivity index (χ0v) is 19.5. The summed E-state index contributed by atoms with van der Waals surface area (Å²) < 4.78 is 0. The monoisotopic (exact) mass is 462 g/mol. The lowest BCUT2D eigenvalue weighted by Crippen LogP contribution is -2.46. The van der Waals surface area contributed by atoms with E-state index in [1.165, 1.54) is 0 Å². The fourth-order valence-electron chi connectivity index (χ4n) is 3.73. The summed E-state index contributed by atoms with van der Waals surface area (Å²) in [6.45, 7) is 4.79. The zero-order chi connectivity index (χ0) is 23.4. The van der Waals surface area contributed by atoms with E-state index < -0.39 is 0 Å². The molecule has 1 N–H and O–H groups in total. The predicted molar refractivity (Wildman–Crippen MR) is 132 cm³/mol. The van der Waals surface area contributed by atoms with E-state index >= 15 is 0 Å². The average Bonchev–Trinajstić information content (AvgIpc) is 2.83. The Morgan fingerprint density at radius 3 is 2.52 bits per heavy atom. The van der Waals surface area contributed by atoms with Crippen molar-refractivity contribution >= 4 is 40.7 Å². The molecule has 2 aromatic carbocycles. The van der Waals surface area contributed by atoms with Crippen LogP contribution in [0.2, 0.25) is 5.02 Å². The van der Waals surface area contributed by atoms with E-state index in [2.05, 4.69) is 17.4 Å². The van der Waals surface area contributed by atoms with Gasteiger partial charge in [0.1, 0.15) is 5.82 Å². The number of hydrogen-bond acceptors (Lipinski definition) is 3. The number of aromatic nitrogens is 1. The highest BCUT2D eigenvalue weighted by molar-refractivity contribution is 6.30. The Kier molecular flexibility index (Phi) is 6.94. The molecule has 0 bridgehead atoms. The summed E-state index contributed by atoms with van der Waals surface area (Å²) in [5.41, 5.74) is 3.32. The zero-order valence-electron chi connectivity index (χ0n) is 18.8. The summed E-state index contributed by atoms with van der Waals surface area (Å²) in [5.74, 6) is 0.331. The van der Waals surface area contributed by atoms with Crippen LogP contribution in [0.3, 0.4) is 0 Å². The van der Waals surface area contributed by atoms with Gasteiger partial charge in [-0.1, -0.05) is 55.8 Å². The topological polar surface area (TPSA) is 65.5 Å². The van der Waals surface area contributed by atoms with Crippen LogP contribution in [0.5, 0.6) is 0 Å². The first kappa shape index (κ1) is 22.8. The van der Waals surface area contributed by atoms with Gasteiger partial charge in [0.25, 0.3) is 0 Å². The molecule has 4 rings (SSSR count). The molecule has 170 valence electrons. The molecule has 0 saturated heterocycles. The first-order chi connectivity index (χ1) is 16.0. The number of fused-ring (bicyclic) bond motifs is 1. The maximum absolute atomic E-state index is 13.5. The Hall–Kier alpha value is -3.38. The van der Waals surface area contributed by atoms with Crippen LogP contribution >= 0.6 is 11.6 Å². The first-order valence-electron chi connectivity index (χ1n) is 11.2. The molecule has 1 aromatic heterocycles. The molecule has 1 atom stereocenters. The number of nitrogens with zero attached hydrogens (tertiary/aromatic N) is 3. The quantitative estimate of drug-likeness (QED) is 0.465. The number of benzene rings is 2. The average molecular weight is 463 g/mol. The lowest BCUT2D eigenvalue weighted by molar-refractivity contribution is -0.119. The van der Waals surface area contributed by atoms with Crippen molar-refractivity contribution in [3.63, 3.8) is 0 Å². The summed E-state index contributed by atoms with van der Waals surface area (Å²) in [5, 5.41) is 3.50. The fraction of sp³-hybridized carbons (Fsp3) is 0.269. The molecule has 3 aromatic rings. The van der Waals surface area contributed by atoms with E-state index in [1.807, 2.05) is 50.2 Å². The van der Waals surface area contributed by atoms with Crippen molar-refractivity contribution in [1.82, 2.24) is 9.88 Å². The molecule has 33 heavy (non-hydrogen) atoms. The number of pyridine rings is 1. The second-order valence-electron chi connectivity index (χ2n) is 8.21. The van der Waals surface area contributed by atoms with Gasteiger partial charge in [0.15, 0.2) is 0 Å². The largest absolute Gasteiger partial charge is 0.329 e. The van der Waals surface area contributed by atoms with Crippen molar-refractivity contribution in [2.75, 3.05) is 16.8 Å². The third-order valence-corrected chi connectivity index (χ3v) is 6.15. The van der Waals surface area contributed by atoms with Gasteiger partial charge in [0.2, 0.25) is 5.91 Å². The SMILES string of the molecule is CC[C@@H](C)C(=O)Nc1ccc2c(n1)CN(CCc1ccccc1)C(=O)N2c1ccc(Cl)cc1. The van der Waals surface area contributed by atoms with E-state index in [0.29, 0.717) is 35.3 Å². The molecule has 1 aliphatic rings. The molecule has 0 fully saturated rings. The molecule has 0 saturated carbocycles. The molecule has 3 amide bonds. The van der Waals surface area contributed by atoms with Gasteiger partial charge in [-0.05, 0) is 54.8 Å². The number of hydrogen-bond donors (Lipinski definition) is 1. The van der Waals surface area contributed by atoms with Gasteiger partial charge in [-0.2, -0.15) is 0 Å². The van der Waals surface area contributed by atoms with Crippen molar-refractivity contribution in [3.05, 3.63) is 83.0 Å². The molecule has 6 nitrogen and oxygen atoms in total. The number of nitrogens with one attached hydrogen (secondary N) is 1. The van der Waals surface area contributed by atoms with Gasteiger partial charge in [0, 0.05) is 17.5 Å². The van der Waals surface area contributed by atoms with Crippen molar-refractivity contribution in [3.8, 4) is 0 Å².